The number of nitrogens with one attached hydrogen (secondary N) is 1. The molecule has 0 saturated carbocycles. The van der Waals surface area contributed by atoms with Gasteiger partial charge in [0, 0.05) is 16.7 Å². The number of rotatable bonds is 4. The van der Waals surface area contributed by atoms with Gasteiger partial charge in [0.15, 0.2) is 0 Å². The molecule has 1 aromatic heterocycles. The Morgan fingerprint density at radius 2 is 1.95 bits per heavy atom. The number of ether oxygens (including phenoxy) is 1. The first-order chi connectivity index (χ1) is 10.2. The van der Waals surface area contributed by atoms with Crippen molar-refractivity contribution in [1.82, 2.24) is 9.97 Å². The third kappa shape index (κ3) is 2.97. The van der Waals surface area contributed by atoms with Crippen LogP contribution in [-0.2, 0) is 13.2 Å². The SMILES string of the molecule is OCc1nc2cc(Cl)c(OCc3ccccc3Cl)cc2[nH]1. The zero-order chi connectivity index (χ0) is 14.8. The van der Waals surface area contributed by atoms with Gasteiger partial charge in [0.2, 0.25) is 0 Å². The molecule has 0 aliphatic carbocycles. The van der Waals surface area contributed by atoms with Crippen LogP contribution in [0.3, 0.4) is 0 Å². The van der Waals surface area contributed by atoms with Crippen molar-refractivity contribution in [2.24, 2.45) is 0 Å². The van der Waals surface area contributed by atoms with Crippen molar-refractivity contribution >= 4 is 34.2 Å². The molecule has 0 aliphatic rings. The van der Waals surface area contributed by atoms with E-state index in [1.807, 2.05) is 24.3 Å². The van der Waals surface area contributed by atoms with Crippen LogP contribution in [0.1, 0.15) is 11.4 Å². The minimum absolute atomic E-state index is 0.151. The van der Waals surface area contributed by atoms with Gasteiger partial charge in [-0.25, -0.2) is 4.98 Å². The lowest BCUT2D eigenvalue weighted by Crippen LogP contribution is -1.96. The summed E-state index contributed by atoms with van der Waals surface area (Å²) in [5.41, 5.74) is 2.34. The molecule has 2 N–H and O–H groups in total. The van der Waals surface area contributed by atoms with E-state index in [1.54, 1.807) is 12.1 Å². The predicted octanol–water partition coefficient (Wildman–Crippen LogP) is 3.94. The Labute approximate surface area is 131 Å². The molecule has 4 nitrogen and oxygen atoms in total. The average Bonchev–Trinajstić information content (AvgIpc) is 2.88. The highest BCUT2D eigenvalue weighted by molar-refractivity contribution is 6.32. The van der Waals surface area contributed by atoms with E-state index < -0.39 is 0 Å². The number of hydrogen-bond donors (Lipinski definition) is 2. The molecule has 0 saturated heterocycles. The van der Waals surface area contributed by atoms with Gasteiger partial charge in [-0.2, -0.15) is 0 Å². The maximum atomic E-state index is 9.09. The fraction of sp³-hybridized carbons (Fsp3) is 0.133. The molecule has 0 fully saturated rings. The Morgan fingerprint density at radius 3 is 2.71 bits per heavy atom. The van der Waals surface area contributed by atoms with E-state index in [-0.39, 0.29) is 6.61 Å². The van der Waals surface area contributed by atoms with E-state index in [4.69, 9.17) is 33.0 Å². The predicted molar refractivity (Wildman–Crippen MR) is 82.8 cm³/mol. The highest BCUT2D eigenvalue weighted by atomic mass is 35.5. The van der Waals surface area contributed by atoms with Crippen LogP contribution in [0.2, 0.25) is 10.0 Å². The highest BCUT2D eigenvalue weighted by Crippen LogP contribution is 2.30. The van der Waals surface area contributed by atoms with Gasteiger partial charge in [-0.1, -0.05) is 41.4 Å². The zero-order valence-electron chi connectivity index (χ0n) is 10.9. The Kier molecular flexibility index (Phi) is 4.01. The standard InChI is InChI=1S/C15H12Cl2N2O2/c16-10-4-2-1-3-9(10)8-21-14-6-13-12(5-11(14)17)18-15(7-20)19-13/h1-6,20H,7-8H2,(H,18,19). The lowest BCUT2D eigenvalue weighted by atomic mass is 10.2. The first-order valence-electron chi connectivity index (χ1n) is 6.32. The fourth-order valence-electron chi connectivity index (χ4n) is 2.02. The van der Waals surface area contributed by atoms with Gasteiger partial charge in [-0.05, 0) is 12.1 Å². The molecular formula is C15H12Cl2N2O2. The van der Waals surface area contributed by atoms with E-state index in [0.29, 0.717) is 33.7 Å². The molecular weight excluding hydrogens is 311 g/mol. The molecule has 0 atom stereocenters. The number of halogens is 2. The zero-order valence-corrected chi connectivity index (χ0v) is 12.4. The first-order valence-corrected chi connectivity index (χ1v) is 7.08. The molecule has 6 heteroatoms. The van der Waals surface area contributed by atoms with Crippen molar-refractivity contribution in [2.45, 2.75) is 13.2 Å². The van der Waals surface area contributed by atoms with E-state index >= 15 is 0 Å². The van der Waals surface area contributed by atoms with Gasteiger partial charge in [0.05, 0.1) is 16.1 Å². The number of hydrogen-bond acceptors (Lipinski definition) is 3. The number of imidazole rings is 1. The van der Waals surface area contributed by atoms with Gasteiger partial charge in [0.1, 0.15) is 24.8 Å². The molecule has 0 radical (unpaired) electrons. The largest absolute Gasteiger partial charge is 0.487 e. The third-order valence-corrected chi connectivity index (χ3v) is 3.74. The van der Waals surface area contributed by atoms with Crippen LogP contribution in [0.25, 0.3) is 11.0 Å². The van der Waals surface area contributed by atoms with Crippen LogP contribution in [0.4, 0.5) is 0 Å². The second-order valence-corrected chi connectivity index (χ2v) is 5.34. The van der Waals surface area contributed by atoms with Gasteiger partial charge >= 0.3 is 0 Å². The van der Waals surface area contributed by atoms with Crippen molar-refractivity contribution < 1.29 is 9.84 Å². The Morgan fingerprint density at radius 1 is 1.14 bits per heavy atom. The number of aromatic amines is 1. The maximum Gasteiger partial charge on any atom is 0.140 e. The normalized spacial score (nSPS) is 11.0. The lowest BCUT2D eigenvalue weighted by molar-refractivity contribution is 0.273. The number of benzene rings is 2. The fourth-order valence-corrected chi connectivity index (χ4v) is 2.42. The number of aliphatic hydroxyl groups is 1. The molecule has 0 bridgehead atoms. The summed E-state index contributed by atoms with van der Waals surface area (Å²) in [6.45, 7) is 0.175. The summed E-state index contributed by atoms with van der Waals surface area (Å²) in [4.78, 5) is 7.20. The van der Waals surface area contributed by atoms with Crippen molar-refractivity contribution in [3.8, 4) is 5.75 Å². The van der Waals surface area contributed by atoms with Gasteiger partial charge in [0.25, 0.3) is 0 Å². The van der Waals surface area contributed by atoms with E-state index in [2.05, 4.69) is 9.97 Å². The van der Waals surface area contributed by atoms with Crippen LogP contribution >= 0.6 is 23.2 Å². The molecule has 0 amide bonds. The number of fused-ring (bicyclic) bond motifs is 1. The topological polar surface area (TPSA) is 58.1 Å². The molecule has 0 unspecified atom stereocenters. The number of aromatic nitrogens is 2. The highest BCUT2D eigenvalue weighted by Gasteiger charge is 2.09. The maximum absolute atomic E-state index is 9.09. The van der Waals surface area contributed by atoms with Crippen molar-refractivity contribution in [1.29, 1.82) is 0 Å². The Hall–Kier alpha value is -1.75. The molecule has 0 aliphatic heterocycles. The average molecular weight is 323 g/mol. The van der Waals surface area contributed by atoms with E-state index in [1.165, 1.54) is 0 Å². The first kappa shape index (κ1) is 14.2. The second kappa shape index (κ2) is 5.93. The molecule has 21 heavy (non-hydrogen) atoms. The summed E-state index contributed by atoms with van der Waals surface area (Å²) < 4.78 is 5.73. The van der Waals surface area contributed by atoms with Crippen LogP contribution in [0, 0.1) is 0 Å². The molecule has 1 heterocycles. The Bertz CT molecular complexity index is 786. The molecule has 3 aromatic rings. The van der Waals surface area contributed by atoms with Gasteiger partial charge in [-0.15, -0.1) is 0 Å². The lowest BCUT2D eigenvalue weighted by Gasteiger charge is -2.09. The number of aliphatic hydroxyl groups excluding tert-OH is 1. The summed E-state index contributed by atoms with van der Waals surface area (Å²) >= 11 is 12.3. The van der Waals surface area contributed by atoms with Gasteiger partial charge in [-0.3, -0.25) is 0 Å². The minimum Gasteiger partial charge on any atom is -0.487 e. The summed E-state index contributed by atoms with van der Waals surface area (Å²) in [6.07, 6.45) is 0. The Balaban J connectivity index is 1.86. The van der Waals surface area contributed by atoms with Crippen molar-refractivity contribution in [2.75, 3.05) is 0 Å². The van der Waals surface area contributed by atoms with E-state index in [9.17, 15) is 0 Å². The smallest absolute Gasteiger partial charge is 0.140 e. The van der Waals surface area contributed by atoms with Crippen LogP contribution in [0.15, 0.2) is 36.4 Å². The molecule has 0 spiro atoms. The van der Waals surface area contributed by atoms with Crippen molar-refractivity contribution in [3.63, 3.8) is 0 Å². The van der Waals surface area contributed by atoms with Gasteiger partial charge < -0.3 is 14.8 Å². The van der Waals surface area contributed by atoms with Crippen LogP contribution in [-0.4, -0.2) is 15.1 Å². The molecule has 3 rings (SSSR count). The van der Waals surface area contributed by atoms with Crippen LogP contribution in [0.5, 0.6) is 5.75 Å². The monoisotopic (exact) mass is 322 g/mol. The summed E-state index contributed by atoms with van der Waals surface area (Å²) in [5.74, 6) is 1.03. The number of H-pyrrole nitrogens is 1. The summed E-state index contributed by atoms with van der Waals surface area (Å²) in [6, 6.07) is 10.9. The minimum atomic E-state index is -0.151. The number of nitrogens with zero attached hydrogens (tertiary/aromatic N) is 1. The van der Waals surface area contributed by atoms with Crippen molar-refractivity contribution in [3.05, 3.63) is 57.8 Å². The second-order valence-electron chi connectivity index (χ2n) is 4.52. The van der Waals surface area contributed by atoms with Crippen LogP contribution < -0.4 is 4.74 Å². The molecule has 108 valence electrons. The summed E-state index contributed by atoms with van der Waals surface area (Å²) in [5, 5.41) is 10.2. The summed E-state index contributed by atoms with van der Waals surface area (Å²) in [7, 11) is 0. The quantitative estimate of drug-likeness (QED) is 0.764. The van der Waals surface area contributed by atoms with E-state index in [0.717, 1.165) is 11.1 Å². The third-order valence-electron chi connectivity index (χ3n) is 3.08. The molecule has 2 aromatic carbocycles.